The third-order valence-electron chi connectivity index (χ3n) is 2.64. The van der Waals surface area contributed by atoms with Crippen molar-refractivity contribution >= 4 is 17.7 Å². The predicted molar refractivity (Wildman–Crippen MR) is 73.8 cm³/mol. The summed E-state index contributed by atoms with van der Waals surface area (Å²) in [4.78, 5) is 19.2. The van der Waals surface area contributed by atoms with Gasteiger partial charge in [-0.15, -0.1) is 0 Å². The molecule has 0 radical (unpaired) electrons. The van der Waals surface area contributed by atoms with Crippen LogP contribution < -0.4 is 0 Å². The Bertz CT molecular complexity index is 578. The van der Waals surface area contributed by atoms with Crippen LogP contribution in [0.25, 0.3) is 5.69 Å². The largest absolute Gasteiger partial charge is 0.481 e. The van der Waals surface area contributed by atoms with Gasteiger partial charge in [0, 0.05) is 17.6 Å². The van der Waals surface area contributed by atoms with Crippen LogP contribution in [0, 0.1) is 6.92 Å². The van der Waals surface area contributed by atoms with Gasteiger partial charge in [-0.05, 0) is 25.5 Å². The van der Waals surface area contributed by atoms with Gasteiger partial charge in [-0.3, -0.25) is 14.3 Å². The van der Waals surface area contributed by atoms with Crippen LogP contribution >= 0.6 is 11.8 Å². The minimum Gasteiger partial charge on any atom is -0.481 e. The molecule has 2 aromatic rings. The van der Waals surface area contributed by atoms with Gasteiger partial charge in [-0.1, -0.05) is 18.7 Å². The van der Waals surface area contributed by atoms with Crippen molar-refractivity contribution in [2.45, 2.75) is 25.4 Å². The molecule has 2 heterocycles. The van der Waals surface area contributed by atoms with Crippen molar-refractivity contribution in [3.8, 4) is 5.69 Å². The minimum atomic E-state index is -0.848. The summed E-state index contributed by atoms with van der Waals surface area (Å²) < 4.78 is 1.96. The van der Waals surface area contributed by atoms with Gasteiger partial charge >= 0.3 is 5.97 Å². The van der Waals surface area contributed by atoms with Crippen LogP contribution in [-0.2, 0) is 11.2 Å². The average Bonchev–Trinajstić information content (AvgIpc) is 2.80. The van der Waals surface area contributed by atoms with E-state index in [4.69, 9.17) is 5.11 Å². The third kappa shape index (κ3) is 3.14. The monoisotopic (exact) mass is 277 g/mol. The lowest BCUT2D eigenvalue weighted by atomic mass is 10.3. The number of pyridine rings is 1. The van der Waals surface area contributed by atoms with Crippen molar-refractivity contribution in [2.75, 3.05) is 5.75 Å². The van der Waals surface area contributed by atoms with E-state index in [0.29, 0.717) is 5.16 Å². The second-order valence-corrected chi connectivity index (χ2v) is 5.00. The van der Waals surface area contributed by atoms with Crippen molar-refractivity contribution in [2.24, 2.45) is 0 Å². The lowest BCUT2D eigenvalue weighted by Gasteiger charge is -2.10. The molecule has 6 heteroatoms. The summed E-state index contributed by atoms with van der Waals surface area (Å²) in [7, 11) is 0. The van der Waals surface area contributed by atoms with Crippen molar-refractivity contribution in [1.82, 2.24) is 14.5 Å². The molecule has 0 aliphatic carbocycles. The highest BCUT2D eigenvalue weighted by atomic mass is 32.2. The highest BCUT2D eigenvalue weighted by molar-refractivity contribution is 7.99. The molecule has 0 aliphatic heterocycles. The summed E-state index contributed by atoms with van der Waals surface area (Å²) >= 11 is 1.21. The van der Waals surface area contributed by atoms with Gasteiger partial charge in [0.2, 0.25) is 0 Å². The van der Waals surface area contributed by atoms with Gasteiger partial charge in [0.25, 0.3) is 0 Å². The topological polar surface area (TPSA) is 68.0 Å². The highest BCUT2D eigenvalue weighted by Crippen LogP contribution is 2.23. The molecule has 0 saturated carbocycles. The molecule has 100 valence electrons. The van der Waals surface area contributed by atoms with Crippen molar-refractivity contribution in [1.29, 1.82) is 0 Å². The lowest BCUT2D eigenvalue weighted by molar-refractivity contribution is -0.133. The quantitative estimate of drug-likeness (QED) is 0.849. The molecule has 0 fully saturated rings. The van der Waals surface area contributed by atoms with Gasteiger partial charge in [0.1, 0.15) is 0 Å². The molecule has 0 atom stereocenters. The number of carboxylic acids is 1. The summed E-state index contributed by atoms with van der Waals surface area (Å²) in [5.41, 5.74) is 2.90. The second-order valence-electron chi connectivity index (χ2n) is 4.06. The van der Waals surface area contributed by atoms with Gasteiger partial charge in [-0.25, -0.2) is 4.98 Å². The molecule has 19 heavy (non-hydrogen) atoms. The molecule has 2 rings (SSSR count). The molecule has 0 aromatic carbocycles. The molecule has 5 nitrogen and oxygen atoms in total. The smallest absolute Gasteiger partial charge is 0.313 e. The molecule has 1 N–H and O–H groups in total. The Labute approximate surface area is 115 Å². The van der Waals surface area contributed by atoms with E-state index in [1.165, 1.54) is 11.8 Å². The molecule has 0 amide bonds. The maximum Gasteiger partial charge on any atom is 0.313 e. The van der Waals surface area contributed by atoms with E-state index in [2.05, 4.69) is 9.97 Å². The number of rotatable bonds is 5. The number of aromatic nitrogens is 3. The van der Waals surface area contributed by atoms with Crippen molar-refractivity contribution < 1.29 is 9.90 Å². The average molecular weight is 277 g/mol. The van der Waals surface area contributed by atoms with Crippen LogP contribution in [0.2, 0.25) is 0 Å². The zero-order valence-corrected chi connectivity index (χ0v) is 11.6. The fourth-order valence-electron chi connectivity index (χ4n) is 1.71. The molecular weight excluding hydrogens is 262 g/mol. The van der Waals surface area contributed by atoms with E-state index < -0.39 is 5.97 Å². The maximum atomic E-state index is 10.7. The first kappa shape index (κ1) is 13.6. The van der Waals surface area contributed by atoms with Crippen LogP contribution in [0.15, 0.2) is 29.7 Å². The number of hydrogen-bond donors (Lipinski definition) is 1. The molecule has 0 unspecified atom stereocenters. The normalized spacial score (nSPS) is 10.6. The number of carboxylic acid groups (broad SMARTS) is 1. The number of carbonyl (C=O) groups is 1. The Morgan fingerprint density at radius 3 is 2.74 bits per heavy atom. The molecule has 0 aliphatic rings. The zero-order chi connectivity index (χ0) is 13.8. The Morgan fingerprint density at radius 1 is 1.37 bits per heavy atom. The Hall–Kier alpha value is -1.82. The Morgan fingerprint density at radius 2 is 2.16 bits per heavy atom. The molecule has 2 aromatic heterocycles. The molecule has 0 spiro atoms. The number of imidazole rings is 1. The van der Waals surface area contributed by atoms with Gasteiger partial charge in [0.05, 0.1) is 17.6 Å². The Kier molecular flexibility index (Phi) is 4.21. The zero-order valence-electron chi connectivity index (χ0n) is 10.8. The SMILES string of the molecule is CCc1cnc(SCC(=O)O)n1-c1ccc(C)nc1. The van der Waals surface area contributed by atoms with Gasteiger partial charge in [-0.2, -0.15) is 0 Å². The number of thioether (sulfide) groups is 1. The summed E-state index contributed by atoms with van der Waals surface area (Å²) in [6.45, 7) is 3.97. The first-order valence-corrected chi connectivity index (χ1v) is 6.94. The van der Waals surface area contributed by atoms with E-state index >= 15 is 0 Å². The third-order valence-corrected chi connectivity index (χ3v) is 3.58. The van der Waals surface area contributed by atoms with Crippen LogP contribution in [0.4, 0.5) is 0 Å². The van der Waals surface area contributed by atoms with E-state index in [1.54, 1.807) is 12.4 Å². The number of hydrogen-bond acceptors (Lipinski definition) is 4. The molecule has 0 bridgehead atoms. The van der Waals surface area contributed by atoms with Gasteiger partial charge in [0.15, 0.2) is 5.16 Å². The Balaban J connectivity index is 2.38. The standard InChI is InChI=1S/C13H15N3O2S/c1-3-10-6-15-13(19-8-12(17)18)16(10)11-5-4-9(2)14-7-11/h4-7H,3,8H2,1-2H3,(H,17,18). The van der Waals surface area contributed by atoms with E-state index in [0.717, 1.165) is 23.5 Å². The van der Waals surface area contributed by atoms with Crippen LogP contribution in [0.1, 0.15) is 18.3 Å². The second kappa shape index (κ2) is 5.88. The fourth-order valence-corrected chi connectivity index (χ4v) is 2.45. The van der Waals surface area contributed by atoms with Gasteiger partial charge < -0.3 is 5.11 Å². The number of aliphatic carboxylic acids is 1. The maximum absolute atomic E-state index is 10.7. The van der Waals surface area contributed by atoms with Crippen LogP contribution in [0.3, 0.4) is 0 Å². The summed E-state index contributed by atoms with van der Waals surface area (Å²) in [5, 5.41) is 9.45. The predicted octanol–water partition coefficient (Wildman–Crippen LogP) is 2.31. The van der Waals surface area contributed by atoms with Crippen LogP contribution in [0.5, 0.6) is 0 Å². The lowest BCUT2D eigenvalue weighted by Crippen LogP contribution is -2.04. The first-order chi connectivity index (χ1) is 9.11. The first-order valence-electron chi connectivity index (χ1n) is 5.96. The number of aryl methyl sites for hydroxylation is 2. The van der Waals surface area contributed by atoms with Crippen molar-refractivity contribution in [3.63, 3.8) is 0 Å². The van der Waals surface area contributed by atoms with Crippen LogP contribution in [-0.4, -0.2) is 31.4 Å². The minimum absolute atomic E-state index is 0.000538. The summed E-state index contributed by atoms with van der Waals surface area (Å²) in [6, 6.07) is 3.90. The summed E-state index contributed by atoms with van der Waals surface area (Å²) in [5.74, 6) is -0.848. The number of nitrogens with zero attached hydrogens (tertiary/aromatic N) is 3. The molecular formula is C13H15N3O2S. The van der Waals surface area contributed by atoms with E-state index in [-0.39, 0.29) is 5.75 Å². The molecule has 0 saturated heterocycles. The summed E-state index contributed by atoms with van der Waals surface area (Å²) in [6.07, 6.45) is 4.39. The van der Waals surface area contributed by atoms with Crippen molar-refractivity contribution in [3.05, 3.63) is 35.9 Å². The fraction of sp³-hybridized carbons (Fsp3) is 0.308. The van der Waals surface area contributed by atoms with E-state index in [9.17, 15) is 4.79 Å². The van der Waals surface area contributed by atoms with E-state index in [1.807, 2.05) is 30.5 Å². The highest BCUT2D eigenvalue weighted by Gasteiger charge is 2.12.